The summed E-state index contributed by atoms with van der Waals surface area (Å²) in [6.45, 7) is -0.485. The number of aliphatic imine (C=N–C) groups is 1. The molecule has 0 saturated heterocycles. The molecule has 1 aromatic carbocycles. The number of benzene rings is 1. The number of carboxylic acid groups (broad SMARTS) is 1. The van der Waals surface area contributed by atoms with Gasteiger partial charge < -0.3 is 43.4 Å². The number of nitrogens with zero attached hydrogens (tertiary/aromatic N) is 1. The van der Waals surface area contributed by atoms with E-state index in [4.69, 9.17) is 17.2 Å². The van der Waals surface area contributed by atoms with Crippen molar-refractivity contribution in [1.29, 1.82) is 0 Å². The van der Waals surface area contributed by atoms with E-state index in [1.165, 1.54) is 11.8 Å². The maximum Gasteiger partial charge on any atom is 0.326 e. The van der Waals surface area contributed by atoms with Crippen LogP contribution in [0.3, 0.4) is 0 Å². The van der Waals surface area contributed by atoms with Gasteiger partial charge in [0, 0.05) is 13.0 Å². The van der Waals surface area contributed by atoms with E-state index in [1.54, 1.807) is 36.6 Å². The number of nitrogens with one attached hydrogen (secondary N) is 3. The highest BCUT2D eigenvalue weighted by atomic mass is 32.2. The number of aliphatic hydroxyl groups excluding tert-OH is 1. The topological polar surface area (TPSA) is 235 Å². The molecule has 3 amide bonds. The molecule has 206 valence electrons. The Morgan fingerprint density at radius 3 is 2.11 bits per heavy atom. The van der Waals surface area contributed by atoms with Gasteiger partial charge in [0.1, 0.15) is 18.1 Å². The van der Waals surface area contributed by atoms with Crippen LogP contribution in [0.4, 0.5) is 0 Å². The standard InChI is InChI=1S/C23H37N7O6S/c1-37-11-9-16(22(35)36)28-21(34)18(13-31)30-20(33)17(12-14-6-3-2-4-7-14)29-19(32)15(24)8-5-10-27-23(25)26/h2-4,6-7,15-18,31H,5,8-13,24H2,1H3,(H,28,34)(H,29,32)(H,30,33)(H,35,36)(H4,25,26,27)/t15-,16-,17-,18-/m0/s1. The number of carbonyl (C=O) groups excluding carboxylic acids is 3. The van der Waals surface area contributed by atoms with Crippen molar-refractivity contribution in [2.75, 3.05) is 25.2 Å². The van der Waals surface area contributed by atoms with Gasteiger partial charge in [0.05, 0.1) is 12.6 Å². The number of hydrogen-bond donors (Lipinski definition) is 8. The Morgan fingerprint density at radius 1 is 0.946 bits per heavy atom. The lowest BCUT2D eigenvalue weighted by Gasteiger charge is -2.24. The maximum absolute atomic E-state index is 13.1. The van der Waals surface area contributed by atoms with Gasteiger partial charge in [-0.05, 0) is 36.8 Å². The van der Waals surface area contributed by atoms with Crippen LogP contribution in [0, 0.1) is 0 Å². The third kappa shape index (κ3) is 12.4. The van der Waals surface area contributed by atoms with Crippen molar-refractivity contribution in [1.82, 2.24) is 16.0 Å². The molecule has 0 fully saturated rings. The molecule has 14 heteroatoms. The van der Waals surface area contributed by atoms with Gasteiger partial charge in [0.25, 0.3) is 0 Å². The van der Waals surface area contributed by atoms with E-state index >= 15 is 0 Å². The van der Waals surface area contributed by atoms with E-state index in [0.29, 0.717) is 18.7 Å². The molecule has 11 N–H and O–H groups in total. The first kappa shape index (κ1) is 31.7. The van der Waals surface area contributed by atoms with Gasteiger partial charge in [0.2, 0.25) is 17.7 Å². The summed E-state index contributed by atoms with van der Waals surface area (Å²) in [6.07, 6.45) is 2.76. The lowest BCUT2D eigenvalue weighted by Crippen LogP contribution is -2.58. The molecule has 1 aromatic rings. The van der Waals surface area contributed by atoms with Gasteiger partial charge in [-0.2, -0.15) is 11.8 Å². The Labute approximate surface area is 220 Å². The summed E-state index contributed by atoms with van der Waals surface area (Å²) in [7, 11) is 0. The van der Waals surface area contributed by atoms with Crippen LogP contribution in [0.25, 0.3) is 0 Å². The van der Waals surface area contributed by atoms with Gasteiger partial charge >= 0.3 is 5.97 Å². The first-order chi connectivity index (χ1) is 17.6. The quantitative estimate of drug-likeness (QED) is 0.0609. The minimum atomic E-state index is -1.42. The minimum absolute atomic E-state index is 0.0704. The normalized spacial score (nSPS) is 13.9. The van der Waals surface area contributed by atoms with E-state index in [1.807, 2.05) is 0 Å². The number of aliphatic hydroxyl groups is 1. The number of amides is 3. The number of carboxylic acids is 1. The SMILES string of the molecule is CSCC[C@H](NC(=O)[C@H](CO)NC(=O)[C@H](Cc1ccccc1)NC(=O)[C@@H](N)CCCN=C(N)N)C(=O)O. The molecule has 0 heterocycles. The maximum atomic E-state index is 13.1. The number of rotatable bonds is 17. The summed E-state index contributed by atoms with van der Waals surface area (Å²) >= 11 is 1.42. The minimum Gasteiger partial charge on any atom is -0.480 e. The monoisotopic (exact) mass is 539 g/mol. The van der Waals surface area contributed by atoms with Crippen LogP contribution in [0.1, 0.15) is 24.8 Å². The van der Waals surface area contributed by atoms with Crippen molar-refractivity contribution in [2.24, 2.45) is 22.2 Å². The summed E-state index contributed by atoms with van der Waals surface area (Å²) in [6, 6.07) is 4.21. The molecule has 37 heavy (non-hydrogen) atoms. The zero-order valence-corrected chi connectivity index (χ0v) is 21.6. The van der Waals surface area contributed by atoms with Gasteiger partial charge in [-0.25, -0.2) is 4.79 Å². The average Bonchev–Trinajstić information content (AvgIpc) is 2.86. The molecule has 13 nitrogen and oxygen atoms in total. The second-order valence-electron chi connectivity index (χ2n) is 8.23. The Balaban J connectivity index is 2.91. The first-order valence-electron chi connectivity index (χ1n) is 11.7. The third-order valence-electron chi connectivity index (χ3n) is 5.26. The molecule has 1 rings (SSSR count). The fraction of sp³-hybridized carbons (Fsp3) is 0.522. The fourth-order valence-corrected chi connectivity index (χ4v) is 3.69. The van der Waals surface area contributed by atoms with Crippen LogP contribution in [-0.4, -0.2) is 89.2 Å². The molecular weight excluding hydrogens is 502 g/mol. The summed E-state index contributed by atoms with van der Waals surface area (Å²) in [5.41, 5.74) is 17.2. The van der Waals surface area contributed by atoms with Crippen LogP contribution in [0.2, 0.25) is 0 Å². The molecule has 4 atom stereocenters. The molecule has 0 spiro atoms. The van der Waals surface area contributed by atoms with E-state index in [2.05, 4.69) is 20.9 Å². The lowest BCUT2D eigenvalue weighted by atomic mass is 10.0. The highest BCUT2D eigenvalue weighted by molar-refractivity contribution is 7.98. The van der Waals surface area contributed by atoms with Crippen LogP contribution in [0.15, 0.2) is 35.3 Å². The predicted molar refractivity (Wildman–Crippen MR) is 142 cm³/mol. The van der Waals surface area contributed by atoms with Crippen molar-refractivity contribution in [3.63, 3.8) is 0 Å². The average molecular weight is 540 g/mol. The molecule has 0 aliphatic rings. The van der Waals surface area contributed by atoms with Crippen LogP contribution < -0.4 is 33.2 Å². The molecule has 0 saturated carbocycles. The van der Waals surface area contributed by atoms with Crippen LogP contribution in [0.5, 0.6) is 0 Å². The Hall–Kier alpha value is -3.36. The molecule has 0 aliphatic heterocycles. The van der Waals surface area contributed by atoms with Gasteiger partial charge in [0.15, 0.2) is 5.96 Å². The van der Waals surface area contributed by atoms with Crippen LogP contribution in [-0.2, 0) is 25.6 Å². The fourth-order valence-electron chi connectivity index (χ4n) is 3.22. The van der Waals surface area contributed by atoms with Crippen molar-refractivity contribution in [3.8, 4) is 0 Å². The van der Waals surface area contributed by atoms with Gasteiger partial charge in [-0.3, -0.25) is 19.4 Å². The zero-order valence-electron chi connectivity index (χ0n) is 20.8. The zero-order chi connectivity index (χ0) is 27.8. The van der Waals surface area contributed by atoms with Crippen molar-refractivity contribution in [3.05, 3.63) is 35.9 Å². The van der Waals surface area contributed by atoms with Crippen LogP contribution >= 0.6 is 11.8 Å². The lowest BCUT2D eigenvalue weighted by molar-refractivity contribution is -0.142. The first-order valence-corrected chi connectivity index (χ1v) is 13.1. The summed E-state index contributed by atoms with van der Waals surface area (Å²) in [4.78, 5) is 53.6. The highest BCUT2D eigenvalue weighted by Crippen LogP contribution is 2.06. The van der Waals surface area contributed by atoms with E-state index in [-0.39, 0.29) is 25.2 Å². The van der Waals surface area contributed by atoms with Gasteiger partial charge in [-0.1, -0.05) is 30.3 Å². The number of nitrogens with two attached hydrogens (primary N) is 3. The van der Waals surface area contributed by atoms with E-state index in [0.717, 1.165) is 5.56 Å². The number of guanidine groups is 1. The highest BCUT2D eigenvalue weighted by Gasteiger charge is 2.30. The Kier molecular flexibility index (Phi) is 14.7. The molecule has 0 bridgehead atoms. The van der Waals surface area contributed by atoms with Crippen molar-refractivity contribution in [2.45, 2.75) is 49.9 Å². The molecular formula is C23H37N7O6S. The van der Waals surface area contributed by atoms with Gasteiger partial charge in [-0.15, -0.1) is 0 Å². The third-order valence-corrected chi connectivity index (χ3v) is 5.90. The summed E-state index contributed by atoms with van der Waals surface area (Å²) in [5.74, 6) is -2.99. The molecule has 0 aromatic heterocycles. The number of hydrogen-bond acceptors (Lipinski definition) is 8. The predicted octanol–water partition coefficient (Wildman–Crippen LogP) is -2.11. The number of aliphatic carboxylic acids is 1. The van der Waals surface area contributed by atoms with E-state index < -0.39 is 54.5 Å². The summed E-state index contributed by atoms with van der Waals surface area (Å²) in [5, 5.41) is 26.4. The second kappa shape index (κ2) is 17.2. The van der Waals surface area contributed by atoms with Crippen molar-refractivity contribution >= 4 is 41.4 Å². The molecule has 0 aliphatic carbocycles. The van der Waals surface area contributed by atoms with E-state index in [9.17, 15) is 29.4 Å². The largest absolute Gasteiger partial charge is 0.480 e. The second-order valence-corrected chi connectivity index (χ2v) is 9.22. The smallest absolute Gasteiger partial charge is 0.326 e. The Bertz CT molecular complexity index is 914. The number of carbonyl (C=O) groups is 4. The Morgan fingerprint density at radius 2 is 1.54 bits per heavy atom. The summed E-state index contributed by atoms with van der Waals surface area (Å²) < 4.78 is 0. The van der Waals surface area contributed by atoms with Crippen molar-refractivity contribution < 1.29 is 29.4 Å². The molecule has 0 unspecified atom stereocenters. The number of thioether (sulfide) groups is 1. The molecule has 0 radical (unpaired) electrons.